The molecule has 0 spiro atoms. The van der Waals surface area contributed by atoms with Crippen LogP contribution >= 0.6 is 15.9 Å². The Morgan fingerprint density at radius 3 is 2.63 bits per heavy atom. The number of nitrogen functional groups attached to an aromatic ring is 1. The second-order valence-electron chi connectivity index (χ2n) is 5.44. The number of hydrogen-bond acceptors (Lipinski definition) is 3. The van der Waals surface area contributed by atoms with Gasteiger partial charge in [-0.2, -0.15) is 0 Å². The summed E-state index contributed by atoms with van der Waals surface area (Å²) in [6, 6.07) is 5.38. The van der Waals surface area contributed by atoms with E-state index in [0.29, 0.717) is 24.1 Å². The Morgan fingerprint density at radius 2 is 2.05 bits per heavy atom. The van der Waals surface area contributed by atoms with Gasteiger partial charge in [0.2, 0.25) is 5.91 Å². The summed E-state index contributed by atoms with van der Waals surface area (Å²) in [5, 5.41) is 2.91. The summed E-state index contributed by atoms with van der Waals surface area (Å²) >= 11 is 3.40. The van der Waals surface area contributed by atoms with Crippen LogP contribution in [-0.4, -0.2) is 30.4 Å². The van der Waals surface area contributed by atoms with E-state index in [1.54, 1.807) is 12.1 Å². The average Bonchev–Trinajstić information content (AvgIpc) is 2.62. The van der Waals surface area contributed by atoms with Gasteiger partial charge in [-0.3, -0.25) is 9.69 Å². The predicted octanol–water partition coefficient (Wildman–Crippen LogP) is 2.56. The van der Waals surface area contributed by atoms with Crippen molar-refractivity contribution in [2.24, 2.45) is 11.8 Å². The van der Waals surface area contributed by atoms with Crippen LogP contribution in [0.3, 0.4) is 0 Å². The van der Waals surface area contributed by atoms with Gasteiger partial charge in [0.25, 0.3) is 0 Å². The van der Waals surface area contributed by atoms with Gasteiger partial charge in [-0.25, -0.2) is 0 Å². The fraction of sp³-hybridized carbons (Fsp3) is 0.500. The van der Waals surface area contributed by atoms with E-state index in [1.165, 1.54) is 0 Å². The van der Waals surface area contributed by atoms with Crippen LogP contribution < -0.4 is 11.1 Å². The van der Waals surface area contributed by atoms with Crippen LogP contribution in [0.15, 0.2) is 22.7 Å². The quantitative estimate of drug-likeness (QED) is 0.840. The molecule has 0 bridgehead atoms. The molecule has 0 aliphatic carbocycles. The fourth-order valence-corrected chi connectivity index (χ4v) is 2.90. The van der Waals surface area contributed by atoms with E-state index >= 15 is 0 Å². The highest BCUT2D eigenvalue weighted by molar-refractivity contribution is 9.10. The second-order valence-corrected chi connectivity index (χ2v) is 6.29. The molecule has 0 aromatic heterocycles. The standard InChI is InChI=1S/C14H20BrN3O/c1-9-6-18(7-10(9)2)8-14(19)17-13-4-3-11(16)5-12(13)15/h3-5,9-10H,6-8,16H2,1-2H3,(H,17,19). The summed E-state index contributed by atoms with van der Waals surface area (Å²) in [6.45, 7) is 6.92. The highest BCUT2D eigenvalue weighted by atomic mass is 79.9. The van der Waals surface area contributed by atoms with Crippen molar-refractivity contribution in [3.05, 3.63) is 22.7 Å². The monoisotopic (exact) mass is 325 g/mol. The topological polar surface area (TPSA) is 58.4 Å². The predicted molar refractivity (Wildman–Crippen MR) is 82.0 cm³/mol. The lowest BCUT2D eigenvalue weighted by atomic mass is 10.0. The Balaban J connectivity index is 1.91. The van der Waals surface area contributed by atoms with Crippen LogP contribution in [0.5, 0.6) is 0 Å². The molecule has 1 fully saturated rings. The number of nitrogens with one attached hydrogen (secondary N) is 1. The molecule has 1 aromatic rings. The molecule has 1 heterocycles. The van der Waals surface area contributed by atoms with E-state index in [-0.39, 0.29) is 5.91 Å². The minimum Gasteiger partial charge on any atom is -0.399 e. The number of amides is 1. The first-order chi connectivity index (χ1) is 8.95. The van der Waals surface area contributed by atoms with Crippen LogP contribution in [0.4, 0.5) is 11.4 Å². The molecule has 0 saturated carbocycles. The summed E-state index contributed by atoms with van der Waals surface area (Å²) in [5.41, 5.74) is 7.11. The number of hydrogen-bond donors (Lipinski definition) is 2. The molecule has 2 unspecified atom stereocenters. The summed E-state index contributed by atoms with van der Waals surface area (Å²) in [7, 11) is 0. The molecule has 0 radical (unpaired) electrons. The van der Waals surface area contributed by atoms with Crippen molar-refractivity contribution in [2.45, 2.75) is 13.8 Å². The van der Waals surface area contributed by atoms with Crippen LogP contribution in [0, 0.1) is 11.8 Å². The van der Waals surface area contributed by atoms with Crippen molar-refractivity contribution in [3.8, 4) is 0 Å². The van der Waals surface area contributed by atoms with Gasteiger partial charge in [-0.15, -0.1) is 0 Å². The average molecular weight is 326 g/mol. The Hall–Kier alpha value is -1.07. The lowest BCUT2D eigenvalue weighted by Crippen LogP contribution is -2.31. The van der Waals surface area contributed by atoms with Gasteiger partial charge < -0.3 is 11.1 Å². The maximum absolute atomic E-state index is 12.0. The minimum absolute atomic E-state index is 0.0202. The first-order valence-electron chi connectivity index (χ1n) is 6.53. The third-order valence-corrected chi connectivity index (χ3v) is 4.35. The number of likely N-dealkylation sites (tertiary alicyclic amines) is 1. The molecule has 1 aliphatic heterocycles. The van der Waals surface area contributed by atoms with E-state index in [1.807, 2.05) is 6.07 Å². The number of halogens is 1. The highest BCUT2D eigenvalue weighted by Gasteiger charge is 2.27. The van der Waals surface area contributed by atoms with Gasteiger partial charge in [0.1, 0.15) is 0 Å². The SMILES string of the molecule is CC1CN(CC(=O)Nc2ccc(N)cc2Br)CC1C. The number of nitrogens with two attached hydrogens (primary N) is 1. The van der Waals surface area contributed by atoms with Crippen molar-refractivity contribution in [3.63, 3.8) is 0 Å². The van der Waals surface area contributed by atoms with E-state index in [2.05, 4.69) is 40.0 Å². The largest absolute Gasteiger partial charge is 0.399 e. The normalized spacial score (nSPS) is 23.5. The molecule has 3 N–H and O–H groups in total. The van der Waals surface area contributed by atoms with Crippen molar-refractivity contribution >= 4 is 33.2 Å². The third-order valence-electron chi connectivity index (χ3n) is 3.70. The molecular formula is C14H20BrN3O. The van der Waals surface area contributed by atoms with Crippen molar-refractivity contribution in [1.29, 1.82) is 0 Å². The Morgan fingerprint density at radius 1 is 1.42 bits per heavy atom. The number of benzene rings is 1. The smallest absolute Gasteiger partial charge is 0.238 e. The van der Waals surface area contributed by atoms with E-state index in [0.717, 1.165) is 23.2 Å². The van der Waals surface area contributed by atoms with Crippen LogP contribution in [0.25, 0.3) is 0 Å². The van der Waals surface area contributed by atoms with Crippen molar-refractivity contribution < 1.29 is 4.79 Å². The summed E-state index contributed by atoms with van der Waals surface area (Å²) in [5.74, 6) is 1.35. The van der Waals surface area contributed by atoms with E-state index in [9.17, 15) is 4.79 Å². The Labute approximate surface area is 122 Å². The van der Waals surface area contributed by atoms with Gasteiger partial charge >= 0.3 is 0 Å². The van der Waals surface area contributed by atoms with Crippen LogP contribution in [0.1, 0.15) is 13.8 Å². The fourth-order valence-electron chi connectivity index (χ4n) is 2.40. The van der Waals surface area contributed by atoms with Crippen molar-refractivity contribution in [1.82, 2.24) is 4.90 Å². The van der Waals surface area contributed by atoms with Gasteiger partial charge in [0.05, 0.1) is 12.2 Å². The Kier molecular flexibility index (Phi) is 4.47. The molecular weight excluding hydrogens is 306 g/mol. The lowest BCUT2D eigenvalue weighted by molar-refractivity contribution is -0.117. The van der Waals surface area contributed by atoms with Gasteiger partial charge in [-0.1, -0.05) is 13.8 Å². The first-order valence-corrected chi connectivity index (χ1v) is 7.32. The third kappa shape index (κ3) is 3.70. The maximum Gasteiger partial charge on any atom is 0.238 e. The molecule has 1 aromatic carbocycles. The number of nitrogens with zero attached hydrogens (tertiary/aromatic N) is 1. The van der Waals surface area contributed by atoms with E-state index < -0.39 is 0 Å². The molecule has 1 aliphatic rings. The molecule has 2 rings (SSSR count). The molecule has 5 heteroatoms. The first kappa shape index (κ1) is 14.3. The molecule has 4 nitrogen and oxygen atoms in total. The highest BCUT2D eigenvalue weighted by Crippen LogP contribution is 2.25. The van der Waals surface area contributed by atoms with Crippen LogP contribution in [0.2, 0.25) is 0 Å². The lowest BCUT2D eigenvalue weighted by Gasteiger charge is -2.15. The Bertz CT molecular complexity index is 468. The molecule has 2 atom stereocenters. The number of carbonyl (C=O) groups excluding carboxylic acids is 1. The molecule has 19 heavy (non-hydrogen) atoms. The molecule has 104 valence electrons. The maximum atomic E-state index is 12.0. The summed E-state index contributed by atoms with van der Waals surface area (Å²) in [6.07, 6.45) is 0. The van der Waals surface area contributed by atoms with Crippen molar-refractivity contribution in [2.75, 3.05) is 30.7 Å². The zero-order valence-corrected chi connectivity index (χ0v) is 12.9. The summed E-state index contributed by atoms with van der Waals surface area (Å²) in [4.78, 5) is 14.2. The van der Waals surface area contributed by atoms with E-state index in [4.69, 9.17) is 5.73 Å². The molecule has 1 saturated heterocycles. The van der Waals surface area contributed by atoms with Gasteiger partial charge in [0, 0.05) is 23.2 Å². The summed E-state index contributed by atoms with van der Waals surface area (Å²) < 4.78 is 0.809. The number of rotatable bonds is 3. The van der Waals surface area contributed by atoms with Gasteiger partial charge in [-0.05, 0) is 46.0 Å². The zero-order valence-electron chi connectivity index (χ0n) is 11.3. The zero-order chi connectivity index (χ0) is 14.0. The minimum atomic E-state index is 0.0202. The second kappa shape index (κ2) is 5.92. The van der Waals surface area contributed by atoms with Gasteiger partial charge in [0.15, 0.2) is 0 Å². The van der Waals surface area contributed by atoms with Crippen LogP contribution in [-0.2, 0) is 4.79 Å². The molecule has 1 amide bonds. The number of carbonyl (C=O) groups is 1. The number of anilines is 2.